The first-order valence-corrected chi connectivity index (χ1v) is 37.6. The van der Waals surface area contributed by atoms with Crippen molar-refractivity contribution in [2.24, 2.45) is 0 Å². The summed E-state index contributed by atoms with van der Waals surface area (Å²) in [5, 5.41) is 54.5. The average molecular weight is 1220 g/mol. The highest BCUT2D eigenvalue weighted by Gasteiger charge is 2.44. The molecule has 1 heterocycles. The third-order valence-electron chi connectivity index (χ3n) is 18.1. The van der Waals surface area contributed by atoms with Gasteiger partial charge >= 0.3 is 5.97 Å². The normalized spacial score (nSPS) is 18.0. The molecule has 11 heteroatoms. The number of rotatable bonds is 67. The first-order valence-electron chi connectivity index (χ1n) is 37.6. The van der Waals surface area contributed by atoms with Crippen LogP contribution in [-0.2, 0) is 23.8 Å². The van der Waals surface area contributed by atoms with Crippen molar-refractivity contribution in [3.63, 3.8) is 0 Å². The van der Waals surface area contributed by atoms with Crippen molar-refractivity contribution in [2.75, 3.05) is 19.8 Å². The maximum Gasteiger partial charge on any atom is 0.305 e. The van der Waals surface area contributed by atoms with Crippen LogP contribution in [0.15, 0.2) is 24.3 Å². The standard InChI is InChI=1S/C75H143NO10/c1-3-5-7-9-11-13-15-16-38-42-45-49-53-57-61-68(78)67(66-85-75-74(83)73(82)72(81)69(65-77)86-75)76-70(79)62-58-54-50-46-43-39-36-34-32-30-28-26-24-22-20-18-17-19-21-23-25-27-29-31-33-35-37-40-44-48-52-56-60-64-84-71(80)63-59-55-51-47-41-14-12-10-8-6-4-2/h42,45,57,61,67-69,72-75,77-78,81-83H,3-41,43-44,46-56,58-60,62-66H2,1-2H3,(H,76,79)/b45-42+,61-57+. The van der Waals surface area contributed by atoms with E-state index >= 15 is 0 Å². The van der Waals surface area contributed by atoms with Crippen molar-refractivity contribution >= 4 is 11.9 Å². The fraction of sp³-hybridized carbons (Fsp3) is 0.920. The smallest absolute Gasteiger partial charge is 0.305 e. The molecule has 0 aromatic rings. The maximum absolute atomic E-state index is 13.1. The number of carbonyl (C=O) groups excluding carboxylic acids is 2. The number of amides is 1. The number of nitrogens with one attached hydrogen (secondary N) is 1. The van der Waals surface area contributed by atoms with Crippen molar-refractivity contribution in [3.05, 3.63) is 24.3 Å². The number of hydrogen-bond acceptors (Lipinski definition) is 10. The molecule has 0 aromatic carbocycles. The second-order valence-corrected chi connectivity index (χ2v) is 26.4. The average Bonchev–Trinajstić information content (AvgIpc) is 3.06. The number of esters is 1. The molecule has 1 rings (SSSR count). The van der Waals surface area contributed by atoms with Crippen LogP contribution < -0.4 is 5.32 Å². The largest absolute Gasteiger partial charge is 0.466 e. The van der Waals surface area contributed by atoms with E-state index in [1.807, 2.05) is 6.08 Å². The molecule has 1 amide bonds. The van der Waals surface area contributed by atoms with Gasteiger partial charge in [0.05, 0.1) is 32.0 Å². The van der Waals surface area contributed by atoms with E-state index < -0.39 is 49.5 Å². The molecule has 508 valence electrons. The Balaban J connectivity index is 1.94. The minimum Gasteiger partial charge on any atom is -0.466 e. The number of aliphatic hydroxyl groups is 5. The summed E-state index contributed by atoms with van der Waals surface area (Å²) in [5.41, 5.74) is 0. The number of allylic oxidation sites excluding steroid dienone is 3. The summed E-state index contributed by atoms with van der Waals surface area (Å²) in [4.78, 5) is 25.1. The SMILES string of the molecule is CCCCCCCCCC/C=C/CC/C=C/C(O)C(COC1OC(CO)C(O)C(O)C1O)NC(=O)CCCCCCCCCCCCCCCCCCCCCCCCCCCCCCCCCCCOC(=O)CCCCCCCCCCCCC. The van der Waals surface area contributed by atoms with Crippen molar-refractivity contribution in [3.8, 4) is 0 Å². The summed E-state index contributed by atoms with van der Waals surface area (Å²) in [7, 11) is 0. The van der Waals surface area contributed by atoms with Gasteiger partial charge in [-0.2, -0.15) is 0 Å². The first-order chi connectivity index (χ1) is 42.2. The summed E-state index contributed by atoms with van der Waals surface area (Å²) < 4.78 is 16.7. The van der Waals surface area contributed by atoms with Crippen LogP contribution in [0.1, 0.15) is 380 Å². The zero-order valence-corrected chi connectivity index (χ0v) is 56.6. The van der Waals surface area contributed by atoms with Gasteiger partial charge in [-0.15, -0.1) is 0 Å². The quantitative estimate of drug-likeness (QED) is 0.0195. The van der Waals surface area contributed by atoms with E-state index in [2.05, 4.69) is 31.3 Å². The molecule has 0 bridgehead atoms. The second kappa shape index (κ2) is 64.7. The van der Waals surface area contributed by atoms with Crippen molar-refractivity contribution < 1.29 is 49.3 Å². The Kier molecular flexibility index (Phi) is 61.8. The van der Waals surface area contributed by atoms with Crippen LogP contribution in [0.25, 0.3) is 0 Å². The van der Waals surface area contributed by atoms with Gasteiger partial charge < -0.3 is 45.1 Å². The van der Waals surface area contributed by atoms with Crippen LogP contribution in [0.2, 0.25) is 0 Å². The van der Waals surface area contributed by atoms with Gasteiger partial charge in [0.2, 0.25) is 5.91 Å². The Morgan fingerprint density at radius 3 is 1.15 bits per heavy atom. The molecule has 0 radical (unpaired) electrons. The Morgan fingerprint density at radius 1 is 0.419 bits per heavy atom. The molecular weight excluding hydrogens is 1070 g/mol. The van der Waals surface area contributed by atoms with E-state index in [1.54, 1.807) is 6.08 Å². The molecule has 1 fully saturated rings. The summed E-state index contributed by atoms with van der Waals surface area (Å²) in [6.45, 7) is 4.37. The molecule has 0 aromatic heterocycles. The highest BCUT2D eigenvalue weighted by atomic mass is 16.7. The lowest BCUT2D eigenvalue weighted by Crippen LogP contribution is -2.60. The molecule has 86 heavy (non-hydrogen) atoms. The summed E-state index contributed by atoms with van der Waals surface area (Å²) in [5.74, 6) is -0.170. The number of carbonyl (C=O) groups is 2. The molecule has 7 atom stereocenters. The van der Waals surface area contributed by atoms with Crippen LogP contribution in [0.5, 0.6) is 0 Å². The van der Waals surface area contributed by atoms with E-state index in [9.17, 15) is 35.1 Å². The van der Waals surface area contributed by atoms with E-state index in [1.165, 1.54) is 302 Å². The van der Waals surface area contributed by atoms with Crippen molar-refractivity contribution in [1.29, 1.82) is 0 Å². The first kappa shape index (κ1) is 82.2. The Labute approximate surface area is 531 Å². The minimum absolute atomic E-state index is 0.0146. The molecule has 1 aliphatic rings. The molecule has 6 N–H and O–H groups in total. The Hall–Kier alpha value is -1.86. The Morgan fingerprint density at radius 2 is 0.756 bits per heavy atom. The Bertz CT molecular complexity index is 1480. The zero-order valence-electron chi connectivity index (χ0n) is 56.6. The summed E-state index contributed by atoms with van der Waals surface area (Å²) in [6.07, 6.45) is 71.9. The predicted octanol–water partition coefficient (Wildman–Crippen LogP) is 19.6. The molecule has 7 unspecified atom stereocenters. The number of unbranched alkanes of at least 4 members (excludes halogenated alkanes) is 51. The lowest BCUT2D eigenvalue weighted by Gasteiger charge is -2.40. The lowest BCUT2D eigenvalue weighted by atomic mass is 9.99. The van der Waals surface area contributed by atoms with E-state index in [-0.39, 0.29) is 18.5 Å². The van der Waals surface area contributed by atoms with E-state index in [0.717, 1.165) is 51.4 Å². The maximum atomic E-state index is 13.1. The van der Waals surface area contributed by atoms with Crippen LogP contribution in [0.3, 0.4) is 0 Å². The number of hydrogen-bond donors (Lipinski definition) is 6. The summed E-state index contributed by atoms with van der Waals surface area (Å²) >= 11 is 0. The molecule has 0 spiro atoms. The van der Waals surface area contributed by atoms with Gasteiger partial charge in [0.15, 0.2) is 6.29 Å². The van der Waals surface area contributed by atoms with Crippen molar-refractivity contribution in [2.45, 2.75) is 423 Å². The molecule has 11 nitrogen and oxygen atoms in total. The third-order valence-corrected chi connectivity index (χ3v) is 18.1. The highest BCUT2D eigenvalue weighted by Crippen LogP contribution is 2.24. The zero-order chi connectivity index (χ0) is 62.3. The van der Waals surface area contributed by atoms with Crippen molar-refractivity contribution in [1.82, 2.24) is 5.32 Å². The van der Waals surface area contributed by atoms with Gasteiger partial charge in [-0.3, -0.25) is 9.59 Å². The van der Waals surface area contributed by atoms with E-state index in [4.69, 9.17) is 14.2 Å². The van der Waals surface area contributed by atoms with Gasteiger partial charge in [0.1, 0.15) is 24.4 Å². The fourth-order valence-electron chi connectivity index (χ4n) is 12.2. The monoisotopic (exact) mass is 1220 g/mol. The van der Waals surface area contributed by atoms with Gasteiger partial charge in [-0.1, -0.05) is 346 Å². The third kappa shape index (κ3) is 52.9. The van der Waals surface area contributed by atoms with Crippen LogP contribution in [-0.4, -0.2) is 100 Å². The van der Waals surface area contributed by atoms with Gasteiger partial charge in [-0.05, 0) is 44.9 Å². The topological polar surface area (TPSA) is 175 Å². The van der Waals surface area contributed by atoms with E-state index in [0.29, 0.717) is 19.4 Å². The second-order valence-electron chi connectivity index (χ2n) is 26.4. The molecule has 0 aliphatic carbocycles. The number of aliphatic hydroxyl groups excluding tert-OH is 5. The minimum atomic E-state index is -1.57. The van der Waals surface area contributed by atoms with Crippen LogP contribution in [0, 0.1) is 0 Å². The van der Waals surface area contributed by atoms with Crippen LogP contribution in [0.4, 0.5) is 0 Å². The van der Waals surface area contributed by atoms with Crippen LogP contribution >= 0.6 is 0 Å². The molecule has 1 aliphatic heterocycles. The van der Waals surface area contributed by atoms with Gasteiger partial charge in [0, 0.05) is 12.8 Å². The molecule has 1 saturated heterocycles. The lowest BCUT2D eigenvalue weighted by molar-refractivity contribution is -0.302. The van der Waals surface area contributed by atoms with Gasteiger partial charge in [-0.25, -0.2) is 0 Å². The molecule has 0 saturated carbocycles. The molecular formula is C75H143NO10. The predicted molar refractivity (Wildman–Crippen MR) is 361 cm³/mol. The number of ether oxygens (including phenoxy) is 3. The van der Waals surface area contributed by atoms with Gasteiger partial charge in [0.25, 0.3) is 0 Å². The fourth-order valence-corrected chi connectivity index (χ4v) is 12.2. The highest BCUT2D eigenvalue weighted by molar-refractivity contribution is 5.76. The summed E-state index contributed by atoms with van der Waals surface area (Å²) in [6, 6.07) is -0.824.